The van der Waals surface area contributed by atoms with Crippen LogP contribution >= 0.6 is 0 Å². The number of ether oxygens (including phenoxy) is 1. The summed E-state index contributed by atoms with van der Waals surface area (Å²) in [6.45, 7) is 2.12. The lowest BCUT2D eigenvalue weighted by atomic mass is 9.89. The third-order valence-corrected chi connectivity index (χ3v) is 5.27. The molecule has 1 aliphatic heterocycles. The Kier molecular flexibility index (Phi) is 5.58. The fourth-order valence-corrected chi connectivity index (χ4v) is 3.55. The van der Waals surface area contributed by atoms with Gasteiger partial charge >= 0.3 is 5.97 Å². The summed E-state index contributed by atoms with van der Waals surface area (Å²) < 4.78 is 5.23. The number of nitrogens with zero attached hydrogens (tertiary/aromatic N) is 1. The van der Waals surface area contributed by atoms with Crippen LogP contribution in [0, 0.1) is 5.92 Å². The minimum Gasteiger partial charge on any atom is -0.449 e. The molecule has 0 radical (unpaired) electrons. The number of amides is 3. The zero-order valence-electron chi connectivity index (χ0n) is 15.6. The molecule has 1 saturated carbocycles. The Morgan fingerprint density at radius 2 is 1.81 bits per heavy atom. The number of hydrogen-bond acceptors (Lipinski definition) is 5. The first-order valence-electron chi connectivity index (χ1n) is 9.33. The zero-order chi connectivity index (χ0) is 19.6. The van der Waals surface area contributed by atoms with E-state index in [1.54, 1.807) is 0 Å². The first kappa shape index (κ1) is 19.1. The predicted octanol–water partition coefficient (Wildman–Crippen LogP) is 2.15. The molecule has 0 spiro atoms. The number of esters is 1. The molecular formula is C20H24N2O5. The molecule has 1 N–H and O–H groups in total. The molecule has 3 rings (SSSR count). The number of rotatable bonds is 5. The topological polar surface area (TPSA) is 92.8 Å². The monoisotopic (exact) mass is 372 g/mol. The van der Waals surface area contributed by atoms with Crippen LogP contribution in [0.3, 0.4) is 0 Å². The molecule has 1 aromatic carbocycles. The van der Waals surface area contributed by atoms with Crippen molar-refractivity contribution in [3.8, 4) is 0 Å². The first-order valence-corrected chi connectivity index (χ1v) is 9.33. The standard InChI is InChI=1S/C20H24N2O5/c1-12(17(23)21-11-13-6-4-3-5-7-13)27-20(26)14-8-9-15-16(10-14)19(25)22(2)18(15)24/h8-10,12-13H,3-7,11H2,1-2H3,(H,21,23). The second kappa shape index (κ2) is 7.90. The van der Waals surface area contributed by atoms with E-state index in [1.165, 1.54) is 51.4 Å². The van der Waals surface area contributed by atoms with Crippen LogP contribution in [0.15, 0.2) is 18.2 Å². The van der Waals surface area contributed by atoms with Gasteiger partial charge in [-0.25, -0.2) is 4.79 Å². The van der Waals surface area contributed by atoms with Crippen molar-refractivity contribution in [1.82, 2.24) is 10.2 Å². The fraction of sp³-hybridized carbons (Fsp3) is 0.500. The van der Waals surface area contributed by atoms with Gasteiger partial charge in [0, 0.05) is 13.6 Å². The van der Waals surface area contributed by atoms with Crippen molar-refractivity contribution < 1.29 is 23.9 Å². The van der Waals surface area contributed by atoms with Crippen molar-refractivity contribution in [2.75, 3.05) is 13.6 Å². The Morgan fingerprint density at radius 3 is 2.52 bits per heavy atom. The number of hydrogen-bond donors (Lipinski definition) is 1. The maximum atomic E-state index is 12.3. The van der Waals surface area contributed by atoms with Crippen molar-refractivity contribution in [1.29, 1.82) is 0 Å². The van der Waals surface area contributed by atoms with E-state index in [1.807, 2.05) is 0 Å². The van der Waals surface area contributed by atoms with Gasteiger partial charge in [-0.2, -0.15) is 0 Å². The molecule has 2 aliphatic rings. The largest absolute Gasteiger partial charge is 0.449 e. The van der Waals surface area contributed by atoms with Crippen LogP contribution in [0.2, 0.25) is 0 Å². The van der Waals surface area contributed by atoms with Gasteiger partial charge in [-0.15, -0.1) is 0 Å². The normalized spacial score (nSPS) is 18.2. The van der Waals surface area contributed by atoms with E-state index in [0.717, 1.165) is 17.7 Å². The zero-order valence-corrected chi connectivity index (χ0v) is 15.6. The highest BCUT2D eigenvalue weighted by Crippen LogP contribution is 2.24. The number of nitrogens with one attached hydrogen (secondary N) is 1. The second-order valence-corrected chi connectivity index (χ2v) is 7.23. The highest BCUT2D eigenvalue weighted by Gasteiger charge is 2.33. The van der Waals surface area contributed by atoms with Gasteiger partial charge in [0.2, 0.25) is 0 Å². The van der Waals surface area contributed by atoms with Gasteiger partial charge < -0.3 is 10.1 Å². The summed E-state index contributed by atoms with van der Waals surface area (Å²) in [6.07, 6.45) is 4.94. The average Bonchev–Trinajstić information content (AvgIpc) is 2.90. The van der Waals surface area contributed by atoms with Gasteiger partial charge in [0.1, 0.15) is 0 Å². The Labute approximate surface area is 158 Å². The molecule has 0 bridgehead atoms. The van der Waals surface area contributed by atoms with E-state index >= 15 is 0 Å². The van der Waals surface area contributed by atoms with Crippen LogP contribution in [0.1, 0.15) is 70.1 Å². The van der Waals surface area contributed by atoms with E-state index in [0.29, 0.717) is 12.5 Å². The SMILES string of the molecule is CC(OC(=O)c1ccc2c(c1)C(=O)N(C)C2=O)C(=O)NCC1CCCCC1. The Bertz CT molecular complexity index is 783. The van der Waals surface area contributed by atoms with Gasteiger partial charge in [0.25, 0.3) is 17.7 Å². The van der Waals surface area contributed by atoms with Gasteiger partial charge in [-0.05, 0) is 43.9 Å². The smallest absolute Gasteiger partial charge is 0.338 e. The molecule has 1 aromatic rings. The Hall–Kier alpha value is -2.70. The molecule has 1 aliphatic carbocycles. The molecular weight excluding hydrogens is 348 g/mol. The number of imide groups is 1. The lowest BCUT2D eigenvalue weighted by Crippen LogP contribution is -2.38. The summed E-state index contributed by atoms with van der Waals surface area (Å²) in [6, 6.07) is 4.20. The molecule has 1 unspecified atom stereocenters. The molecule has 1 atom stereocenters. The van der Waals surface area contributed by atoms with Gasteiger partial charge in [-0.3, -0.25) is 19.3 Å². The quantitative estimate of drug-likeness (QED) is 0.631. The van der Waals surface area contributed by atoms with Crippen molar-refractivity contribution in [2.24, 2.45) is 5.92 Å². The number of benzene rings is 1. The maximum absolute atomic E-state index is 12.3. The first-order chi connectivity index (χ1) is 12.9. The van der Waals surface area contributed by atoms with E-state index in [9.17, 15) is 19.2 Å². The lowest BCUT2D eigenvalue weighted by molar-refractivity contribution is -0.129. The summed E-state index contributed by atoms with van der Waals surface area (Å²) in [5.74, 6) is -1.40. The predicted molar refractivity (Wildman–Crippen MR) is 97.3 cm³/mol. The van der Waals surface area contributed by atoms with Crippen LogP contribution in [-0.2, 0) is 9.53 Å². The summed E-state index contributed by atoms with van der Waals surface area (Å²) in [7, 11) is 1.39. The van der Waals surface area contributed by atoms with E-state index in [-0.39, 0.29) is 22.6 Å². The van der Waals surface area contributed by atoms with Crippen LogP contribution in [0.4, 0.5) is 0 Å². The third-order valence-electron chi connectivity index (χ3n) is 5.27. The minimum absolute atomic E-state index is 0.136. The molecule has 1 heterocycles. The highest BCUT2D eigenvalue weighted by atomic mass is 16.5. The maximum Gasteiger partial charge on any atom is 0.338 e. The van der Waals surface area contributed by atoms with E-state index in [4.69, 9.17) is 4.74 Å². The molecule has 7 heteroatoms. The van der Waals surface area contributed by atoms with E-state index < -0.39 is 23.9 Å². The Balaban J connectivity index is 1.57. The summed E-state index contributed by atoms with van der Waals surface area (Å²) in [5.41, 5.74) is 0.570. The van der Waals surface area contributed by atoms with Crippen molar-refractivity contribution in [2.45, 2.75) is 45.1 Å². The molecule has 0 saturated heterocycles. The molecule has 3 amide bonds. The van der Waals surface area contributed by atoms with Crippen LogP contribution in [-0.4, -0.2) is 48.3 Å². The van der Waals surface area contributed by atoms with Crippen molar-refractivity contribution in [3.05, 3.63) is 34.9 Å². The van der Waals surface area contributed by atoms with E-state index in [2.05, 4.69) is 5.32 Å². The van der Waals surface area contributed by atoms with Crippen LogP contribution in [0.25, 0.3) is 0 Å². The molecule has 7 nitrogen and oxygen atoms in total. The summed E-state index contributed by atoms with van der Waals surface area (Å²) in [4.78, 5) is 49.4. The number of carbonyl (C=O) groups excluding carboxylic acids is 4. The highest BCUT2D eigenvalue weighted by molar-refractivity contribution is 6.21. The second-order valence-electron chi connectivity index (χ2n) is 7.23. The molecule has 0 aromatic heterocycles. The minimum atomic E-state index is -0.936. The molecule has 1 fully saturated rings. The summed E-state index contributed by atoms with van der Waals surface area (Å²) in [5, 5.41) is 2.85. The molecule has 144 valence electrons. The van der Waals surface area contributed by atoms with Gasteiger partial charge in [0.15, 0.2) is 6.10 Å². The summed E-state index contributed by atoms with van der Waals surface area (Å²) >= 11 is 0. The number of fused-ring (bicyclic) bond motifs is 1. The van der Waals surface area contributed by atoms with Crippen LogP contribution < -0.4 is 5.32 Å². The van der Waals surface area contributed by atoms with Crippen LogP contribution in [0.5, 0.6) is 0 Å². The molecule has 27 heavy (non-hydrogen) atoms. The van der Waals surface area contributed by atoms with Crippen molar-refractivity contribution in [3.63, 3.8) is 0 Å². The number of carbonyl (C=O) groups is 4. The average molecular weight is 372 g/mol. The lowest BCUT2D eigenvalue weighted by Gasteiger charge is -2.22. The van der Waals surface area contributed by atoms with Crippen molar-refractivity contribution >= 4 is 23.7 Å². The fourth-order valence-electron chi connectivity index (χ4n) is 3.55. The van der Waals surface area contributed by atoms with Gasteiger partial charge in [-0.1, -0.05) is 19.3 Å². The Morgan fingerprint density at radius 1 is 1.15 bits per heavy atom. The third kappa shape index (κ3) is 4.02. The van der Waals surface area contributed by atoms with Gasteiger partial charge in [0.05, 0.1) is 16.7 Å².